The summed E-state index contributed by atoms with van der Waals surface area (Å²) >= 11 is 1.43. The van der Waals surface area contributed by atoms with E-state index in [4.69, 9.17) is 4.74 Å². The molecule has 2 amide bonds. The van der Waals surface area contributed by atoms with Crippen molar-refractivity contribution in [1.29, 1.82) is 0 Å². The predicted octanol–water partition coefficient (Wildman–Crippen LogP) is 3.36. The molecule has 0 aliphatic heterocycles. The summed E-state index contributed by atoms with van der Waals surface area (Å²) in [6.07, 6.45) is 0. The standard InChI is InChI=1S/C18H19NO3S/c1-12-4-5-13(2)16(10-12)23-11-17(20)19-18(21)14-6-8-15(22-3)9-7-14/h4-10H,11H2,1-3H3,(H,19,20,21). The molecule has 2 aromatic rings. The maximum Gasteiger partial charge on any atom is 0.257 e. The molecule has 23 heavy (non-hydrogen) atoms. The van der Waals surface area contributed by atoms with Crippen molar-refractivity contribution in [3.63, 3.8) is 0 Å². The van der Waals surface area contributed by atoms with Crippen molar-refractivity contribution in [3.8, 4) is 5.75 Å². The number of ether oxygens (including phenoxy) is 1. The van der Waals surface area contributed by atoms with Gasteiger partial charge in [-0.1, -0.05) is 17.7 Å². The average molecular weight is 329 g/mol. The second-order valence-corrected chi connectivity index (χ2v) is 6.18. The molecular formula is C18H19NO3S. The topological polar surface area (TPSA) is 55.4 Å². The highest BCUT2D eigenvalue weighted by Gasteiger charge is 2.11. The molecule has 5 heteroatoms. The number of carbonyl (C=O) groups excluding carboxylic acids is 2. The Bertz CT molecular complexity index is 711. The molecule has 0 heterocycles. The van der Waals surface area contributed by atoms with Crippen LogP contribution in [0.1, 0.15) is 21.5 Å². The van der Waals surface area contributed by atoms with Crippen LogP contribution in [0.5, 0.6) is 5.75 Å². The molecule has 0 atom stereocenters. The third-order valence-electron chi connectivity index (χ3n) is 3.31. The molecule has 0 unspecified atom stereocenters. The highest BCUT2D eigenvalue weighted by Crippen LogP contribution is 2.23. The van der Waals surface area contributed by atoms with E-state index < -0.39 is 5.91 Å². The van der Waals surface area contributed by atoms with Crippen molar-refractivity contribution >= 4 is 23.6 Å². The average Bonchev–Trinajstić information content (AvgIpc) is 2.55. The summed E-state index contributed by atoms with van der Waals surface area (Å²) in [4.78, 5) is 25.0. The molecule has 0 spiro atoms. The third kappa shape index (κ3) is 4.86. The summed E-state index contributed by atoms with van der Waals surface area (Å²) in [6.45, 7) is 4.01. The van der Waals surface area contributed by atoms with E-state index >= 15 is 0 Å². The molecule has 2 rings (SSSR count). The zero-order valence-corrected chi connectivity index (χ0v) is 14.2. The van der Waals surface area contributed by atoms with Gasteiger partial charge in [-0.25, -0.2) is 0 Å². The van der Waals surface area contributed by atoms with Crippen LogP contribution in [0.15, 0.2) is 47.4 Å². The molecule has 2 aromatic carbocycles. The zero-order valence-electron chi connectivity index (χ0n) is 13.4. The predicted molar refractivity (Wildman–Crippen MR) is 92.1 cm³/mol. The summed E-state index contributed by atoms with van der Waals surface area (Å²) in [5.41, 5.74) is 2.69. The second-order valence-electron chi connectivity index (χ2n) is 5.16. The maximum absolute atomic E-state index is 12.0. The quantitative estimate of drug-likeness (QED) is 0.855. The number of thioether (sulfide) groups is 1. The number of hydrogen-bond acceptors (Lipinski definition) is 4. The van der Waals surface area contributed by atoms with Crippen molar-refractivity contribution in [2.75, 3.05) is 12.9 Å². The van der Waals surface area contributed by atoms with Crippen molar-refractivity contribution in [1.82, 2.24) is 5.32 Å². The first-order valence-electron chi connectivity index (χ1n) is 7.18. The van der Waals surface area contributed by atoms with E-state index in [1.54, 1.807) is 31.4 Å². The number of carbonyl (C=O) groups is 2. The lowest BCUT2D eigenvalue weighted by atomic mass is 10.2. The first kappa shape index (κ1) is 17.1. The van der Waals surface area contributed by atoms with Crippen LogP contribution in [0.2, 0.25) is 0 Å². The van der Waals surface area contributed by atoms with Gasteiger partial charge in [0, 0.05) is 10.5 Å². The fraction of sp³-hybridized carbons (Fsp3) is 0.222. The van der Waals surface area contributed by atoms with Crippen LogP contribution in [-0.2, 0) is 4.79 Å². The number of amides is 2. The van der Waals surface area contributed by atoms with Crippen LogP contribution in [0.3, 0.4) is 0 Å². The van der Waals surface area contributed by atoms with Crippen molar-refractivity contribution in [2.45, 2.75) is 18.7 Å². The van der Waals surface area contributed by atoms with E-state index in [1.165, 1.54) is 11.8 Å². The molecule has 0 bridgehead atoms. The molecular weight excluding hydrogens is 310 g/mol. The van der Waals surface area contributed by atoms with Crippen LogP contribution >= 0.6 is 11.8 Å². The van der Waals surface area contributed by atoms with Crippen molar-refractivity contribution in [3.05, 3.63) is 59.2 Å². The van der Waals surface area contributed by atoms with Gasteiger partial charge in [-0.15, -0.1) is 11.8 Å². The lowest BCUT2D eigenvalue weighted by Crippen LogP contribution is -2.31. The Morgan fingerprint density at radius 1 is 1.09 bits per heavy atom. The minimum atomic E-state index is -0.404. The Hall–Kier alpha value is -2.27. The van der Waals surface area contributed by atoms with Gasteiger partial charge < -0.3 is 4.74 Å². The maximum atomic E-state index is 12.0. The molecule has 0 aliphatic rings. The molecule has 4 nitrogen and oxygen atoms in total. The Morgan fingerprint density at radius 2 is 1.78 bits per heavy atom. The van der Waals surface area contributed by atoms with Gasteiger partial charge in [0.25, 0.3) is 5.91 Å². The van der Waals surface area contributed by atoms with E-state index in [1.807, 2.05) is 32.0 Å². The fourth-order valence-corrected chi connectivity index (χ4v) is 2.91. The summed E-state index contributed by atoms with van der Waals surface area (Å²) in [7, 11) is 1.56. The highest BCUT2D eigenvalue weighted by atomic mass is 32.2. The van der Waals surface area contributed by atoms with Gasteiger partial charge in [-0.05, 0) is 49.7 Å². The van der Waals surface area contributed by atoms with Crippen LogP contribution in [-0.4, -0.2) is 24.7 Å². The molecule has 0 aromatic heterocycles. The van der Waals surface area contributed by atoms with Gasteiger partial charge in [0.15, 0.2) is 0 Å². The lowest BCUT2D eigenvalue weighted by molar-refractivity contribution is -0.117. The first-order chi connectivity index (χ1) is 11.0. The van der Waals surface area contributed by atoms with Gasteiger partial charge >= 0.3 is 0 Å². The van der Waals surface area contributed by atoms with Crippen LogP contribution in [0.4, 0.5) is 0 Å². The van der Waals surface area contributed by atoms with E-state index in [0.717, 1.165) is 16.0 Å². The molecule has 0 aliphatic carbocycles. The van der Waals surface area contributed by atoms with Gasteiger partial charge in [0.05, 0.1) is 12.9 Å². The minimum Gasteiger partial charge on any atom is -0.497 e. The Morgan fingerprint density at radius 3 is 2.43 bits per heavy atom. The number of methoxy groups -OCH3 is 1. The van der Waals surface area contributed by atoms with E-state index in [-0.39, 0.29) is 11.7 Å². The number of hydrogen-bond donors (Lipinski definition) is 1. The van der Waals surface area contributed by atoms with Gasteiger partial charge in [-0.2, -0.15) is 0 Å². The zero-order chi connectivity index (χ0) is 16.8. The van der Waals surface area contributed by atoms with Crippen LogP contribution in [0, 0.1) is 13.8 Å². The number of benzene rings is 2. The number of imide groups is 1. The molecule has 0 saturated heterocycles. The highest BCUT2D eigenvalue weighted by molar-refractivity contribution is 8.00. The van der Waals surface area contributed by atoms with Crippen molar-refractivity contribution in [2.24, 2.45) is 0 Å². The number of nitrogens with one attached hydrogen (secondary N) is 1. The second kappa shape index (κ2) is 7.83. The molecule has 0 radical (unpaired) electrons. The van der Waals surface area contributed by atoms with E-state index in [2.05, 4.69) is 5.32 Å². The van der Waals surface area contributed by atoms with Crippen LogP contribution < -0.4 is 10.1 Å². The Kier molecular flexibility index (Phi) is 5.82. The smallest absolute Gasteiger partial charge is 0.257 e. The monoisotopic (exact) mass is 329 g/mol. The van der Waals surface area contributed by atoms with E-state index in [9.17, 15) is 9.59 Å². The Balaban J connectivity index is 1.91. The molecule has 1 N–H and O–H groups in total. The van der Waals surface area contributed by atoms with Crippen molar-refractivity contribution < 1.29 is 14.3 Å². The van der Waals surface area contributed by atoms with Gasteiger partial charge in [-0.3, -0.25) is 14.9 Å². The molecule has 120 valence electrons. The number of aryl methyl sites for hydroxylation is 2. The van der Waals surface area contributed by atoms with Gasteiger partial charge in [0.1, 0.15) is 5.75 Å². The molecule has 0 saturated carbocycles. The largest absolute Gasteiger partial charge is 0.497 e. The van der Waals surface area contributed by atoms with Crippen LogP contribution in [0.25, 0.3) is 0 Å². The molecule has 0 fully saturated rings. The summed E-state index contributed by atoms with van der Waals surface area (Å²) in [5.74, 6) is 0.154. The SMILES string of the molecule is COc1ccc(C(=O)NC(=O)CSc2cc(C)ccc2C)cc1. The lowest BCUT2D eigenvalue weighted by Gasteiger charge is -2.07. The summed E-state index contributed by atoms with van der Waals surface area (Å²) in [5, 5.41) is 2.40. The fourth-order valence-electron chi connectivity index (χ4n) is 1.98. The number of rotatable bonds is 5. The normalized spacial score (nSPS) is 10.2. The third-order valence-corrected chi connectivity index (χ3v) is 4.46. The first-order valence-corrected chi connectivity index (χ1v) is 8.16. The Labute approximate surface area is 140 Å². The summed E-state index contributed by atoms with van der Waals surface area (Å²) in [6, 6.07) is 12.7. The summed E-state index contributed by atoms with van der Waals surface area (Å²) < 4.78 is 5.04. The minimum absolute atomic E-state index is 0.201. The van der Waals surface area contributed by atoms with E-state index in [0.29, 0.717) is 11.3 Å². The van der Waals surface area contributed by atoms with Gasteiger partial charge in [0.2, 0.25) is 5.91 Å².